The van der Waals surface area contributed by atoms with Crippen LogP contribution >= 0.6 is 0 Å². The molecule has 0 atom stereocenters. The summed E-state index contributed by atoms with van der Waals surface area (Å²) in [7, 11) is 0. The first kappa shape index (κ1) is 74.5. The summed E-state index contributed by atoms with van der Waals surface area (Å²) in [4.78, 5) is 27.0. The molecule has 0 aliphatic rings. The molecule has 0 aromatic heterocycles. The van der Waals surface area contributed by atoms with Gasteiger partial charge in [0, 0.05) is 20.8 Å². The van der Waals surface area contributed by atoms with Gasteiger partial charge in [-0.3, -0.25) is 14.4 Å². The zero-order chi connectivity index (χ0) is 10.7. The summed E-state index contributed by atoms with van der Waals surface area (Å²) < 4.78 is 0. The van der Waals surface area contributed by atoms with Crippen LogP contribution in [-0.2, 0) is 14.4 Å². The van der Waals surface area contributed by atoms with Gasteiger partial charge in [-0.2, -0.15) is 0 Å². The topological polar surface area (TPSA) is 182 Å². The Morgan fingerprint density at radius 2 is 0.500 bits per heavy atom. The molecule has 0 saturated heterocycles. The van der Waals surface area contributed by atoms with Crippen molar-refractivity contribution in [2.45, 2.75) is 20.8 Å². The van der Waals surface area contributed by atoms with Gasteiger partial charge in [-0.1, -0.05) is 0 Å². The van der Waals surface area contributed by atoms with E-state index in [9.17, 15) is 0 Å². The van der Waals surface area contributed by atoms with E-state index in [0.29, 0.717) is 0 Å². The van der Waals surface area contributed by atoms with Gasteiger partial charge in [-0.05, 0) is 0 Å². The second-order valence-electron chi connectivity index (χ2n) is 1.56. The number of hydrogen-bond donors (Lipinski definition) is 5. The summed E-state index contributed by atoms with van der Waals surface area (Å²) in [5, 5.41) is 22.2. The molecule has 0 aliphatic carbocycles. The Morgan fingerprint density at radius 1 is 0.500 bits per heavy atom. The van der Waals surface area contributed by atoms with E-state index in [1.165, 1.54) is 0 Å². The average Bonchev–Trinajstić information content (AvgIpc) is 1.54. The van der Waals surface area contributed by atoms with Crippen molar-refractivity contribution in [2.24, 2.45) is 0 Å². The number of carbonyl (C=O) groups is 3. The molecule has 14 heteroatoms. The standard InChI is InChI=1S/3C2H4O2.2H3N.6Na.6H/c3*1-2(3)4;;;;;;;;;;;;;;/h3*1H3,(H,3,4);2*1H3;;;;;;;;;;;;. The molecular weight excluding hydrogens is 334 g/mol. The van der Waals surface area contributed by atoms with E-state index >= 15 is 0 Å². The number of aliphatic carboxylic acids is 3. The molecule has 0 fully saturated rings. The fourth-order valence-electron chi connectivity index (χ4n) is 0. The van der Waals surface area contributed by atoms with Crippen molar-refractivity contribution in [1.82, 2.24) is 12.3 Å². The predicted octanol–water partition coefficient (Wildman–Crippen LogP) is -3.29. The molecule has 0 saturated carbocycles. The first-order valence-electron chi connectivity index (χ1n) is 2.78. The summed E-state index contributed by atoms with van der Waals surface area (Å²) in [5.41, 5.74) is 0. The Labute approximate surface area is 252 Å². The molecule has 20 heavy (non-hydrogen) atoms. The molecule has 0 aromatic carbocycles. The van der Waals surface area contributed by atoms with E-state index in [4.69, 9.17) is 29.7 Å². The monoisotopic (exact) mass is 358 g/mol. The van der Waals surface area contributed by atoms with Crippen molar-refractivity contribution < 1.29 is 29.7 Å². The molecule has 0 aromatic rings. The zero-order valence-corrected chi connectivity index (χ0v) is 8.48. The molecule has 0 bridgehead atoms. The van der Waals surface area contributed by atoms with Crippen LogP contribution in [0.3, 0.4) is 0 Å². The van der Waals surface area contributed by atoms with Gasteiger partial charge in [-0.15, -0.1) is 0 Å². The minimum atomic E-state index is -0.833. The van der Waals surface area contributed by atoms with Crippen LogP contribution in [0.4, 0.5) is 0 Å². The number of carboxylic acids is 3. The second kappa shape index (κ2) is 65.5. The van der Waals surface area contributed by atoms with Gasteiger partial charge in [0.1, 0.15) is 0 Å². The van der Waals surface area contributed by atoms with Gasteiger partial charge in [-0.25, -0.2) is 0 Å². The fraction of sp³-hybridized carbons (Fsp3) is 0.500. The molecule has 0 radical (unpaired) electrons. The Hall–Kier alpha value is 4.33. The third-order valence-corrected chi connectivity index (χ3v) is 0. The molecule has 0 amide bonds. The van der Waals surface area contributed by atoms with Crippen LogP contribution in [0.1, 0.15) is 20.8 Å². The summed E-state index contributed by atoms with van der Waals surface area (Å²) in [5.74, 6) is -2.50. The molecule has 0 unspecified atom stereocenters. The Bertz CT molecular complexity index is 135. The van der Waals surface area contributed by atoms with Gasteiger partial charge in [0.05, 0.1) is 0 Å². The molecular formula is C6H24N2Na6O6. The maximum absolute atomic E-state index is 9.00. The first-order chi connectivity index (χ1) is 5.20. The average molecular weight is 358 g/mol. The summed E-state index contributed by atoms with van der Waals surface area (Å²) >= 11 is 0. The number of carboxylic acid groups (broad SMARTS) is 3. The maximum atomic E-state index is 9.00. The van der Waals surface area contributed by atoms with Crippen LogP contribution in [-0.4, -0.2) is 211 Å². The van der Waals surface area contributed by atoms with Crippen LogP contribution in [0.5, 0.6) is 0 Å². The normalized spacial score (nSPS) is 3.75. The van der Waals surface area contributed by atoms with Gasteiger partial charge >= 0.3 is 177 Å². The van der Waals surface area contributed by atoms with Crippen molar-refractivity contribution in [3.63, 3.8) is 0 Å². The fourth-order valence-corrected chi connectivity index (χ4v) is 0. The van der Waals surface area contributed by atoms with Crippen LogP contribution in [0.2, 0.25) is 0 Å². The molecule has 100 valence electrons. The van der Waals surface area contributed by atoms with E-state index < -0.39 is 17.9 Å². The van der Waals surface area contributed by atoms with E-state index in [-0.39, 0.29) is 190 Å². The van der Waals surface area contributed by atoms with E-state index in [1.54, 1.807) is 0 Å². The molecule has 0 heterocycles. The number of hydrogen-bond acceptors (Lipinski definition) is 5. The molecule has 0 rings (SSSR count). The molecule has 0 spiro atoms. The SMILES string of the molecule is CC(=O)O.CC(=O)O.CC(=O)O.N.N.[NaH].[NaH].[NaH].[NaH].[NaH].[NaH]. The van der Waals surface area contributed by atoms with Gasteiger partial charge in [0.15, 0.2) is 0 Å². The third-order valence-electron chi connectivity index (χ3n) is 0. The molecule has 8 nitrogen and oxygen atoms in total. The van der Waals surface area contributed by atoms with Gasteiger partial charge in [0.2, 0.25) is 0 Å². The Balaban J connectivity index is -0.00000000562. The predicted molar refractivity (Wildman–Crippen MR) is 92.9 cm³/mol. The number of rotatable bonds is 0. The van der Waals surface area contributed by atoms with Crippen molar-refractivity contribution in [1.29, 1.82) is 0 Å². The second-order valence-corrected chi connectivity index (χ2v) is 1.56. The minimum absolute atomic E-state index is 0. The summed E-state index contributed by atoms with van der Waals surface area (Å²) in [6.45, 7) is 3.25. The van der Waals surface area contributed by atoms with Crippen LogP contribution in [0.15, 0.2) is 0 Å². The first-order valence-corrected chi connectivity index (χ1v) is 2.78. The van der Waals surface area contributed by atoms with Gasteiger partial charge < -0.3 is 27.6 Å². The van der Waals surface area contributed by atoms with E-state index in [0.717, 1.165) is 20.8 Å². The van der Waals surface area contributed by atoms with E-state index in [1.807, 2.05) is 0 Å². The van der Waals surface area contributed by atoms with Gasteiger partial charge in [0.25, 0.3) is 17.9 Å². The Kier molecular flexibility index (Phi) is 244. The Morgan fingerprint density at radius 3 is 0.500 bits per heavy atom. The van der Waals surface area contributed by atoms with Crippen molar-refractivity contribution in [2.75, 3.05) is 0 Å². The zero-order valence-electron chi connectivity index (χ0n) is 8.48. The molecule has 9 N–H and O–H groups in total. The molecule has 0 aliphatic heterocycles. The van der Waals surface area contributed by atoms with Crippen LogP contribution in [0, 0.1) is 0 Å². The third kappa shape index (κ3) is 542. The summed E-state index contributed by atoms with van der Waals surface area (Å²) in [6, 6.07) is 0. The van der Waals surface area contributed by atoms with Crippen LogP contribution < -0.4 is 12.3 Å². The van der Waals surface area contributed by atoms with Crippen molar-refractivity contribution in [3.05, 3.63) is 0 Å². The van der Waals surface area contributed by atoms with Crippen molar-refractivity contribution in [3.8, 4) is 0 Å². The van der Waals surface area contributed by atoms with Crippen molar-refractivity contribution >= 4 is 195 Å². The quantitative estimate of drug-likeness (QED) is 0.279. The van der Waals surface area contributed by atoms with Crippen LogP contribution in [0.25, 0.3) is 0 Å². The summed E-state index contributed by atoms with van der Waals surface area (Å²) in [6.07, 6.45) is 0. The van der Waals surface area contributed by atoms with E-state index in [2.05, 4.69) is 0 Å².